The van der Waals surface area contributed by atoms with E-state index < -0.39 is 29.7 Å². The second-order valence-corrected chi connectivity index (χ2v) is 5.77. The van der Waals surface area contributed by atoms with Gasteiger partial charge >= 0.3 is 6.03 Å². The Hall–Kier alpha value is -2.02. The summed E-state index contributed by atoms with van der Waals surface area (Å²) in [5.41, 5.74) is 0.693. The van der Waals surface area contributed by atoms with E-state index in [0.29, 0.717) is 5.56 Å². The highest BCUT2D eigenvalue weighted by Crippen LogP contribution is 2.31. The van der Waals surface area contributed by atoms with Crippen LogP contribution in [0.15, 0.2) is 28.7 Å². The van der Waals surface area contributed by atoms with Crippen molar-refractivity contribution in [3.63, 3.8) is 0 Å². The number of carbonyl (C=O) groups is 4. The van der Waals surface area contributed by atoms with E-state index in [2.05, 4.69) is 26.6 Å². The van der Waals surface area contributed by atoms with Crippen LogP contribution in [0.3, 0.4) is 0 Å². The summed E-state index contributed by atoms with van der Waals surface area (Å²) in [4.78, 5) is 46.5. The van der Waals surface area contributed by atoms with Crippen LogP contribution < -0.4 is 10.6 Å². The van der Waals surface area contributed by atoms with Crippen LogP contribution in [-0.4, -0.2) is 23.6 Å². The first-order valence-electron chi connectivity index (χ1n) is 6.29. The van der Waals surface area contributed by atoms with Crippen LogP contribution in [0, 0.1) is 5.92 Å². The molecule has 0 saturated carbocycles. The molecule has 7 heteroatoms. The van der Waals surface area contributed by atoms with Gasteiger partial charge in [-0.15, -0.1) is 0 Å². The van der Waals surface area contributed by atoms with Gasteiger partial charge in [-0.25, -0.2) is 4.79 Å². The van der Waals surface area contributed by atoms with Crippen LogP contribution in [0.2, 0.25) is 0 Å². The van der Waals surface area contributed by atoms with Crippen LogP contribution in [-0.2, 0) is 14.4 Å². The highest BCUT2D eigenvalue weighted by atomic mass is 79.9. The predicted molar refractivity (Wildman–Crippen MR) is 77.4 cm³/mol. The number of carbonyl (C=O) groups excluding carboxylic acids is 4. The molecule has 1 aromatic rings. The van der Waals surface area contributed by atoms with Gasteiger partial charge in [0.2, 0.25) is 11.8 Å². The Bertz CT molecular complexity index is 592. The Morgan fingerprint density at radius 2 is 1.67 bits per heavy atom. The monoisotopic (exact) mass is 352 g/mol. The number of hydrogen-bond donors (Lipinski definition) is 2. The van der Waals surface area contributed by atoms with Gasteiger partial charge in [0.15, 0.2) is 0 Å². The SMILES string of the molecule is CC(=O)CC(c1ccc(Br)cc1)C1C(=O)NC(=O)NC1=O. The standard InChI is InChI=1S/C14H13BrN2O4/c1-7(18)6-10(8-2-4-9(15)5-3-8)11-12(19)16-14(21)17-13(11)20/h2-5,10-11H,6H2,1H3,(H2,16,17,19,20,21). The number of nitrogens with one attached hydrogen (secondary N) is 2. The molecule has 0 radical (unpaired) electrons. The van der Waals surface area contributed by atoms with Crippen molar-refractivity contribution in [2.75, 3.05) is 0 Å². The Kier molecular flexibility index (Phi) is 4.52. The normalized spacial score (nSPS) is 17.1. The number of barbiturate groups is 1. The van der Waals surface area contributed by atoms with E-state index in [1.165, 1.54) is 6.92 Å². The third-order valence-corrected chi connectivity index (χ3v) is 3.77. The van der Waals surface area contributed by atoms with Gasteiger partial charge in [0.25, 0.3) is 0 Å². The zero-order valence-electron chi connectivity index (χ0n) is 11.2. The number of urea groups is 1. The summed E-state index contributed by atoms with van der Waals surface area (Å²) in [5, 5.41) is 4.13. The molecule has 1 unspecified atom stereocenters. The van der Waals surface area contributed by atoms with Crippen molar-refractivity contribution >= 4 is 39.6 Å². The summed E-state index contributed by atoms with van der Waals surface area (Å²) in [7, 11) is 0. The van der Waals surface area contributed by atoms with Crippen LogP contribution in [0.1, 0.15) is 24.8 Å². The second-order valence-electron chi connectivity index (χ2n) is 4.85. The number of halogens is 1. The van der Waals surface area contributed by atoms with Crippen molar-refractivity contribution in [3.8, 4) is 0 Å². The Morgan fingerprint density at radius 1 is 1.14 bits per heavy atom. The molecule has 1 aromatic carbocycles. The molecule has 1 fully saturated rings. The van der Waals surface area contributed by atoms with Crippen molar-refractivity contribution in [3.05, 3.63) is 34.3 Å². The average Bonchev–Trinajstić information content (AvgIpc) is 2.37. The van der Waals surface area contributed by atoms with Crippen molar-refractivity contribution in [1.82, 2.24) is 10.6 Å². The van der Waals surface area contributed by atoms with E-state index in [9.17, 15) is 19.2 Å². The molecule has 2 N–H and O–H groups in total. The fraction of sp³-hybridized carbons (Fsp3) is 0.286. The highest BCUT2D eigenvalue weighted by molar-refractivity contribution is 9.10. The van der Waals surface area contributed by atoms with Crippen LogP contribution in [0.4, 0.5) is 4.79 Å². The molecule has 2 rings (SSSR count). The molecule has 0 spiro atoms. The van der Waals surface area contributed by atoms with Gasteiger partial charge in [0.05, 0.1) is 0 Å². The lowest BCUT2D eigenvalue weighted by atomic mass is 9.81. The minimum Gasteiger partial charge on any atom is -0.300 e. The summed E-state index contributed by atoms with van der Waals surface area (Å²) < 4.78 is 0.848. The van der Waals surface area contributed by atoms with Crippen molar-refractivity contribution in [1.29, 1.82) is 0 Å². The molecule has 110 valence electrons. The molecule has 1 heterocycles. The lowest BCUT2D eigenvalue weighted by Crippen LogP contribution is -2.57. The fourth-order valence-electron chi connectivity index (χ4n) is 2.34. The number of imide groups is 2. The summed E-state index contributed by atoms with van der Waals surface area (Å²) in [6.07, 6.45) is 0.0430. The first kappa shape index (κ1) is 15.4. The van der Waals surface area contributed by atoms with Crippen molar-refractivity contribution in [2.45, 2.75) is 19.3 Å². The summed E-state index contributed by atoms with van der Waals surface area (Å²) in [6.45, 7) is 1.40. The number of amides is 4. The van der Waals surface area contributed by atoms with E-state index in [-0.39, 0.29) is 12.2 Å². The highest BCUT2D eigenvalue weighted by Gasteiger charge is 2.41. The summed E-state index contributed by atoms with van der Waals surface area (Å²) >= 11 is 3.30. The molecular weight excluding hydrogens is 340 g/mol. The molecule has 1 atom stereocenters. The lowest BCUT2D eigenvalue weighted by Gasteiger charge is -2.28. The maximum atomic E-state index is 12.0. The van der Waals surface area contributed by atoms with Crippen molar-refractivity contribution < 1.29 is 19.2 Å². The molecule has 4 amide bonds. The largest absolute Gasteiger partial charge is 0.328 e. The maximum absolute atomic E-state index is 12.0. The summed E-state index contributed by atoms with van der Waals surface area (Å²) in [5.74, 6) is -3.22. The zero-order valence-corrected chi connectivity index (χ0v) is 12.8. The van der Waals surface area contributed by atoms with E-state index in [1.807, 2.05) is 0 Å². The molecule has 0 bridgehead atoms. The van der Waals surface area contributed by atoms with Gasteiger partial charge < -0.3 is 4.79 Å². The van der Waals surface area contributed by atoms with Gasteiger partial charge in [-0.1, -0.05) is 28.1 Å². The average molecular weight is 353 g/mol. The Labute approximate surface area is 129 Å². The molecule has 1 aliphatic rings. The van der Waals surface area contributed by atoms with Gasteiger partial charge in [0.1, 0.15) is 11.7 Å². The molecule has 1 saturated heterocycles. The number of benzene rings is 1. The fourth-order valence-corrected chi connectivity index (χ4v) is 2.61. The topological polar surface area (TPSA) is 92.3 Å². The Morgan fingerprint density at radius 3 is 2.14 bits per heavy atom. The number of hydrogen-bond acceptors (Lipinski definition) is 4. The van der Waals surface area contributed by atoms with Crippen molar-refractivity contribution in [2.24, 2.45) is 5.92 Å². The second kappa shape index (κ2) is 6.17. The van der Waals surface area contributed by atoms with Gasteiger partial charge in [-0.05, 0) is 24.6 Å². The smallest absolute Gasteiger partial charge is 0.300 e. The van der Waals surface area contributed by atoms with Gasteiger partial charge in [-0.3, -0.25) is 20.2 Å². The molecule has 0 aliphatic carbocycles. The number of Topliss-reactive ketones (excluding diaryl/α,β-unsaturated/α-hetero) is 1. The first-order valence-corrected chi connectivity index (χ1v) is 7.08. The molecule has 0 aromatic heterocycles. The quantitative estimate of drug-likeness (QED) is 0.803. The van der Waals surface area contributed by atoms with E-state index >= 15 is 0 Å². The van der Waals surface area contributed by atoms with Crippen LogP contribution >= 0.6 is 15.9 Å². The van der Waals surface area contributed by atoms with Crippen LogP contribution in [0.5, 0.6) is 0 Å². The molecule has 1 aliphatic heterocycles. The zero-order chi connectivity index (χ0) is 15.6. The third kappa shape index (κ3) is 3.55. The van der Waals surface area contributed by atoms with Gasteiger partial charge in [-0.2, -0.15) is 0 Å². The molecule has 6 nitrogen and oxygen atoms in total. The first-order chi connectivity index (χ1) is 9.88. The number of rotatable bonds is 4. The minimum absolute atomic E-state index is 0.0430. The number of ketones is 1. The molecular formula is C14H13BrN2O4. The van der Waals surface area contributed by atoms with Crippen LogP contribution in [0.25, 0.3) is 0 Å². The van der Waals surface area contributed by atoms with E-state index in [4.69, 9.17) is 0 Å². The van der Waals surface area contributed by atoms with E-state index in [0.717, 1.165) is 4.47 Å². The minimum atomic E-state index is -1.10. The summed E-state index contributed by atoms with van der Waals surface area (Å²) in [6, 6.07) is 6.20. The van der Waals surface area contributed by atoms with Gasteiger partial charge in [0, 0.05) is 16.8 Å². The maximum Gasteiger partial charge on any atom is 0.328 e. The molecule has 21 heavy (non-hydrogen) atoms. The predicted octanol–water partition coefficient (Wildman–Crippen LogP) is 1.49. The lowest BCUT2D eigenvalue weighted by molar-refractivity contribution is -0.137. The third-order valence-electron chi connectivity index (χ3n) is 3.25. The Balaban J connectivity index is 2.37. The van der Waals surface area contributed by atoms with E-state index in [1.54, 1.807) is 24.3 Å².